The molecule has 0 saturated heterocycles. The normalized spacial score (nSPS) is 14.1. The molecular formula is C31H30N4O. The van der Waals surface area contributed by atoms with Crippen LogP contribution < -0.4 is 15.5 Å². The zero-order valence-corrected chi connectivity index (χ0v) is 20.6. The summed E-state index contributed by atoms with van der Waals surface area (Å²) in [6.07, 6.45) is 4.65. The Kier molecular flexibility index (Phi) is 6.92. The molecule has 0 fully saturated rings. The molecule has 0 saturated carbocycles. The highest BCUT2D eigenvalue weighted by Crippen LogP contribution is 2.35. The Hall–Kier alpha value is -4.22. The van der Waals surface area contributed by atoms with Gasteiger partial charge in [0.15, 0.2) is 0 Å². The van der Waals surface area contributed by atoms with Gasteiger partial charge in [0.25, 0.3) is 0 Å². The van der Waals surface area contributed by atoms with Gasteiger partial charge in [0, 0.05) is 49.6 Å². The monoisotopic (exact) mass is 474 g/mol. The summed E-state index contributed by atoms with van der Waals surface area (Å²) in [4.78, 5) is 18.8. The number of pyridine rings is 1. The number of nitrogens with one attached hydrogen (secondary N) is 2. The van der Waals surface area contributed by atoms with Crippen LogP contribution in [0.4, 0.5) is 5.69 Å². The Bertz CT molecular complexity index is 1380. The second kappa shape index (κ2) is 10.6. The zero-order chi connectivity index (χ0) is 24.9. The number of hydrogen-bond donors (Lipinski definition) is 2. The third-order valence-corrected chi connectivity index (χ3v) is 6.47. The average Bonchev–Trinajstić information content (AvgIpc) is 2.93. The first kappa shape index (κ1) is 23.5. The van der Waals surface area contributed by atoms with Crippen molar-refractivity contribution in [3.63, 3.8) is 0 Å². The summed E-state index contributed by atoms with van der Waals surface area (Å²) in [6.45, 7) is 1.59. The molecule has 5 rings (SSSR count). The molecule has 5 heteroatoms. The van der Waals surface area contributed by atoms with E-state index in [1.165, 1.54) is 16.8 Å². The fraction of sp³-hybridized carbons (Fsp3) is 0.161. The van der Waals surface area contributed by atoms with Crippen LogP contribution in [0.2, 0.25) is 0 Å². The Morgan fingerprint density at radius 3 is 2.42 bits per heavy atom. The Labute approximate surface area is 212 Å². The maximum atomic E-state index is 11.7. The first-order valence-corrected chi connectivity index (χ1v) is 12.2. The minimum Gasteiger partial charge on any atom is -0.378 e. The van der Waals surface area contributed by atoms with Crippen LogP contribution in [-0.2, 0) is 17.9 Å². The van der Waals surface area contributed by atoms with Crippen LogP contribution in [0.3, 0.4) is 0 Å². The largest absolute Gasteiger partial charge is 0.378 e. The Morgan fingerprint density at radius 1 is 0.889 bits per heavy atom. The van der Waals surface area contributed by atoms with Crippen LogP contribution in [0, 0.1) is 0 Å². The van der Waals surface area contributed by atoms with Crippen LogP contribution in [0.1, 0.15) is 28.4 Å². The zero-order valence-electron chi connectivity index (χ0n) is 20.6. The lowest BCUT2D eigenvalue weighted by atomic mass is 9.93. The first-order valence-electron chi connectivity index (χ1n) is 12.2. The van der Waals surface area contributed by atoms with Gasteiger partial charge in [-0.15, -0.1) is 0 Å². The van der Waals surface area contributed by atoms with E-state index in [9.17, 15) is 4.79 Å². The second-order valence-corrected chi connectivity index (χ2v) is 9.20. The van der Waals surface area contributed by atoms with E-state index in [1.54, 1.807) is 6.20 Å². The molecule has 5 nitrogen and oxygen atoms in total. The number of hydrogen-bond acceptors (Lipinski definition) is 5. The van der Waals surface area contributed by atoms with Gasteiger partial charge < -0.3 is 20.3 Å². The van der Waals surface area contributed by atoms with Crippen molar-refractivity contribution < 1.29 is 4.79 Å². The summed E-state index contributed by atoms with van der Waals surface area (Å²) in [7, 11) is 4.12. The molecule has 2 N–H and O–H groups in total. The highest BCUT2D eigenvalue weighted by molar-refractivity contribution is 5.84. The van der Waals surface area contributed by atoms with E-state index >= 15 is 0 Å². The summed E-state index contributed by atoms with van der Waals surface area (Å²) in [5.74, 6) is 0. The van der Waals surface area contributed by atoms with Gasteiger partial charge in [-0.2, -0.15) is 0 Å². The number of aromatic nitrogens is 1. The summed E-state index contributed by atoms with van der Waals surface area (Å²) >= 11 is 0. The van der Waals surface area contributed by atoms with Crippen LogP contribution >= 0.6 is 0 Å². The molecule has 36 heavy (non-hydrogen) atoms. The molecule has 2 heterocycles. The standard InChI is InChI=1S/C31H30N4O/c1-35(2)26-10-6-7-23(17-26)20-32-19-22-11-13-25(14-12-22)31-27(24-8-4-3-5-9-24)18-28-29(34-31)15-16-33-30(28)21-36/h3-18,21,30,32-33H,19-20H2,1-2H3. The van der Waals surface area contributed by atoms with Crippen molar-refractivity contribution >= 4 is 18.0 Å². The van der Waals surface area contributed by atoms with Gasteiger partial charge in [0.1, 0.15) is 12.3 Å². The summed E-state index contributed by atoms with van der Waals surface area (Å²) in [5.41, 5.74) is 9.46. The predicted molar refractivity (Wildman–Crippen MR) is 147 cm³/mol. The van der Waals surface area contributed by atoms with E-state index in [2.05, 4.69) is 96.4 Å². The van der Waals surface area contributed by atoms with Gasteiger partial charge in [-0.1, -0.05) is 66.7 Å². The highest BCUT2D eigenvalue weighted by atomic mass is 16.1. The van der Waals surface area contributed by atoms with Crippen molar-refractivity contribution in [2.45, 2.75) is 19.1 Å². The number of fused-ring (bicyclic) bond motifs is 1. The number of anilines is 1. The minimum absolute atomic E-state index is 0.388. The molecule has 0 amide bonds. The quantitative estimate of drug-likeness (QED) is 0.326. The lowest BCUT2D eigenvalue weighted by Gasteiger charge is -2.21. The van der Waals surface area contributed by atoms with Crippen LogP contribution in [0.5, 0.6) is 0 Å². The molecule has 1 unspecified atom stereocenters. The topological polar surface area (TPSA) is 57.3 Å². The van der Waals surface area contributed by atoms with Gasteiger partial charge in [-0.05, 0) is 47.2 Å². The Balaban J connectivity index is 1.38. The van der Waals surface area contributed by atoms with Gasteiger partial charge in [0.05, 0.1) is 11.4 Å². The van der Waals surface area contributed by atoms with Crippen molar-refractivity contribution in [1.82, 2.24) is 15.6 Å². The summed E-state index contributed by atoms with van der Waals surface area (Å²) in [6, 6.07) is 29.1. The molecule has 0 radical (unpaired) electrons. The summed E-state index contributed by atoms with van der Waals surface area (Å²) in [5, 5.41) is 6.66. The van der Waals surface area contributed by atoms with Gasteiger partial charge in [-0.3, -0.25) is 0 Å². The fourth-order valence-corrected chi connectivity index (χ4v) is 4.49. The lowest BCUT2D eigenvalue weighted by molar-refractivity contribution is -0.109. The highest BCUT2D eigenvalue weighted by Gasteiger charge is 2.21. The first-order chi connectivity index (χ1) is 17.6. The van der Waals surface area contributed by atoms with E-state index in [-0.39, 0.29) is 6.04 Å². The van der Waals surface area contributed by atoms with Gasteiger partial charge in [0.2, 0.25) is 0 Å². The van der Waals surface area contributed by atoms with Crippen molar-refractivity contribution in [3.8, 4) is 22.4 Å². The van der Waals surface area contributed by atoms with E-state index in [1.807, 2.05) is 24.3 Å². The molecule has 1 aliphatic heterocycles. The SMILES string of the molecule is CN(C)c1cccc(CNCc2ccc(-c3nc4c(cc3-c3ccccc3)C(C=O)NC=C4)cc2)c1. The molecule has 3 aromatic carbocycles. The summed E-state index contributed by atoms with van der Waals surface area (Å²) < 4.78 is 0. The maximum Gasteiger partial charge on any atom is 0.146 e. The third kappa shape index (κ3) is 5.07. The molecule has 180 valence electrons. The molecule has 1 atom stereocenters. The lowest BCUT2D eigenvalue weighted by Crippen LogP contribution is -2.21. The molecule has 1 aliphatic rings. The number of rotatable bonds is 8. The second-order valence-electron chi connectivity index (χ2n) is 9.20. The van der Waals surface area contributed by atoms with E-state index in [0.29, 0.717) is 0 Å². The van der Waals surface area contributed by atoms with E-state index in [4.69, 9.17) is 4.98 Å². The average molecular weight is 475 g/mol. The van der Waals surface area contributed by atoms with Crippen LogP contribution in [0.25, 0.3) is 28.5 Å². The van der Waals surface area contributed by atoms with Crippen molar-refractivity contribution in [2.75, 3.05) is 19.0 Å². The molecule has 1 aromatic heterocycles. The smallest absolute Gasteiger partial charge is 0.146 e. The van der Waals surface area contributed by atoms with Crippen molar-refractivity contribution in [3.05, 3.63) is 114 Å². The molecule has 4 aromatic rings. The minimum atomic E-state index is -0.388. The molecule has 0 bridgehead atoms. The number of benzene rings is 3. The van der Waals surface area contributed by atoms with Crippen LogP contribution in [-0.4, -0.2) is 25.4 Å². The van der Waals surface area contributed by atoms with E-state index < -0.39 is 0 Å². The van der Waals surface area contributed by atoms with E-state index in [0.717, 1.165) is 53.0 Å². The Morgan fingerprint density at radius 2 is 1.67 bits per heavy atom. The molecule has 0 aliphatic carbocycles. The predicted octanol–water partition coefficient (Wildman–Crippen LogP) is 5.59. The fourth-order valence-electron chi connectivity index (χ4n) is 4.49. The van der Waals surface area contributed by atoms with Crippen molar-refractivity contribution in [1.29, 1.82) is 0 Å². The maximum absolute atomic E-state index is 11.7. The van der Waals surface area contributed by atoms with Crippen LogP contribution in [0.15, 0.2) is 91.1 Å². The third-order valence-electron chi connectivity index (χ3n) is 6.47. The number of carbonyl (C=O) groups is 1. The molecule has 0 spiro atoms. The number of nitrogens with zero attached hydrogens (tertiary/aromatic N) is 2. The number of carbonyl (C=O) groups excluding carboxylic acids is 1. The number of aldehydes is 1. The molecular weight excluding hydrogens is 444 g/mol. The van der Waals surface area contributed by atoms with Gasteiger partial charge >= 0.3 is 0 Å². The van der Waals surface area contributed by atoms with Crippen molar-refractivity contribution in [2.24, 2.45) is 0 Å². The van der Waals surface area contributed by atoms with Gasteiger partial charge in [-0.25, -0.2) is 4.98 Å².